The molecule has 1 aliphatic rings. The molecule has 2 aromatic rings. The molecule has 26 heavy (non-hydrogen) atoms. The van der Waals surface area contributed by atoms with Crippen LogP contribution in [0.25, 0.3) is 0 Å². The molecule has 0 saturated carbocycles. The van der Waals surface area contributed by atoms with Gasteiger partial charge >= 0.3 is 0 Å². The number of thioether (sulfide) groups is 1. The average Bonchev–Trinajstić information content (AvgIpc) is 2.62. The molecule has 3 rings (SSSR count). The number of carbonyl (C=O) groups is 2. The van der Waals surface area contributed by atoms with Crippen LogP contribution in [0, 0.1) is 0 Å². The summed E-state index contributed by atoms with van der Waals surface area (Å²) in [4.78, 5) is 27.2. The Kier molecular flexibility index (Phi) is 5.44. The van der Waals surface area contributed by atoms with Gasteiger partial charge < -0.3 is 15.0 Å². The maximum Gasteiger partial charge on any atom is 0.253 e. The second-order valence-corrected chi connectivity index (χ2v) is 7.90. The fourth-order valence-corrected chi connectivity index (χ4v) is 3.89. The Morgan fingerprint density at radius 2 is 2.08 bits per heavy atom. The van der Waals surface area contributed by atoms with Crippen LogP contribution in [0.2, 0.25) is 5.02 Å². The van der Waals surface area contributed by atoms with Gasteiger partial charge in [-0.2, -0.15) is 0 Å². The van der Waals surface area contributed by atoms with Gasteiger partial charge in [0.1, 0.15) is 5.75 Å². The number of nitrogens with one attached hydrogen (secondary N) is 1. The summed E-state index contributed by atoms with van der Waals surface area (Å²) < 4.78 is 5.34. The van der Waals surface area contributed by atoms with Crippen molar-refractivity contribution < 1.29 is 14.3 Å². The van der Waals surface area contributed by atoms with Gasteiger partial charge in [0.25, 0.3) is 5.91 Å². The lowest BCUT2D eigenvalue weighted by atomic mass is 10.1. The Morgan fingerprint density at radius 1 is 1.31 bits per heavy atom. The van der Waals surface area contributed by atoms with Crippen molar-refractivity contribution in [1.82, 2.24) is 4.90 Å². The van der Waals surface area contributed by atoms with Crippen LogP contribution >= 0.6 is 23.4 Å². The highest BCUT2D eigenvalue weighted by Crippen LogP contribution is 2.36. The van der Waals surface area contributed by atoms with E-state index in [-0.39, 0.29) is 17.1 Å². The highest BCUT2D eigenvalue weighted by Gasteiger charge is 2.24. The second kappa shape index (κ2) is 7.60. The fourth-order valence-electron chi connectivity index (χ4n) is 2.76. The predicted octanol–water partition coefficient (Wildman–Crippen LogP) is 4.05. The van der Waals surface area contributed by atoms with Crippen LogP contribution in [-0.4, -0.2) is 36.1 Å². The van der Waals surface area contributed by atoms with Gasteiger partial charge in [-0.25, -0.2) is 0 Å². The third-order valence-electron chi connectivity index (χ3n) is 4.15. The van der Waals surface area contributed by atoms with E-state index in [0.29, 0.717) is 28.6 Å². The highest BCUT2D eigenvalue weighted by molar-refractivity contribution is 8.00. The molecular formula is C19H19ClN2O3S. The van der Waals surface area contributed by atoms with Crippen molar-refractivity contribution in [2.24, 2.45) is 0 Å². The molecule has 7 heteroatoms. The van der Waals surface area contributed by atoms with E-state index in [1.54, 1.807) is 49.4 Å². The van der Waals surface area contributed by atoms with Crippen LogP contribution in [0.3, 0.4) is 0 Å². The molecule has 0 spiro atoms. The van der Waals surface area contributed by atoms with Gasteiger partial charge in [0.2, 0.25) is 5.91 Å². The number of carbonyl (C=O) groups excluding carboxylic acids is 2. The largest absolute Gasteiger partial charge is 0.496 e. The van der Waals surface area contributed by atoms with Gasteiger partial charge in [-0.3, -0.25) is 9.59 Å². The van der Waals surface area contributed by atoms with Crippen molar-refractivity contribution >= 4 is 40.9 Å². The zero-order valence-corrected chi connectivity index (χ0v) is 16.3. The smallest absolute Gasteiger partial charge is 0.253 e. The van der Waals surface area contributed by atoms with Crippen molar-refractivity contribution in [2.75, 3.05) is 19.5 Å². The van der Waals surface area contributed by atoms with Crippen LogP contribution in [0.5, 0.6) is 5.75 Å². The molecule has 0 radical (unpaired) electrons. The maximum atomic E-state index is 12.8. The van der Waals surface area contributed by atoms with E-state index in [0.717, 1.165) is 10.5 Å². The number of methoxy groups -OCH3 is 1. The Balaban J connectivity index is 1.80. The van der Waals surface area contributed by atoms with Gasteiger partial charge in [0.05, 0.1) is 18.0 Å². The summed E-state index contributed by atoms with van der Waals surface area (Å²) in [7, 11) is 3.30. The maximum absolute atomic E-state index is 12.8. The summed E-state index contributed by atoms with van der Waals surface area (Å²) >= 11 is 7.55. The summed E-state index contributed by atoms with van der Waals surface area (Å²) in [6.45, 7) is 2.21. The molecule has 0 aromatic heterocycles. The molecule has 1 heterocycles. The number of hydrogen-bond acceptors (Lipinski definition) is 4. The first kappa shape index (κ1) is 18.6. The average molecular weight is 391 g/mol. The number of halogens is 1. The molecule has 0 fully saturated rings. The van der Waals surface area contributed by atoms with E-state index in [1.807, 2.05) is 13.0 Å². The molecule has 0 aliphatic carbocycles. The summed E-state index contributed by atoms with van der Waals surface area (Å²) in [6.07, 6.45) is 0. The summed E-state index contributed by atoms with van der Waals surface area (Å²) in [5.74, 6) is 0.481. The zero-order valence-electron chi connectivity index (χ0n) is 14.7. The van der Waals surface area contributed by atoms with Crippen LogP contribution < -0.4 is 10.1 Å². The number of hydrogen-bond donors (Lipinski definition) is 1. The Labute approximate surface area is 161 Å². The first-order valence-corrected chi connectivity index (χ1v) is 9.34. The SMILES string of the molecule is COc1ccc(Cl)cc1CN(C)C(=O)c1ccc2c(c1)NC(=O)C(C)S2. The summed E-state index contributed by atoms with van der Waals surface area (Å²) in [5, 5.41) is 3.30. The minimum Gasteiger partial charge on any atom is -0.496 e. The fraction of sp³-hybridized carbons (Fsp3) is 0.263. The number of benzene rings is 2. The molecule has 2 aromatic carbocycles. The molecule has 2 amide bonds. The Hall–Kier alpha value is -2.18. The molecule has 1 N–H and O–H groups in total. The van der Waals surface area contributed by atoms with Crippen molar-refractivity contribution in [3.05, 3.63) is 52.5 Å². The number of fused-ring (bicyclic) bond motifs is 1. The minimum absolute atomic E-state index is 0.0517. The Bertz CT molecular complexity index is 872. The molecule has 136 valence electrons. The number of nitrogens with zero attached hydrogens (tertiary/aromatic N) is 1. The van der Waals surface area contributed by atoms with Crippen LogP contribution in [0.15, 0.2) is 41.3 Å². The zero-order chi connectivity index (χ0) is 18.8. The molecule has 0 saturated heterocycles. The van der Waals surface area contributed by atoms with E-state index in [1.165, 1.54) is 11.8 Å². The highest BCUT2D eigenvalue weighted by atomic mass is 35.5. The first-order valence-electron chi connectivity index (χ1n) is 8.08. The number of rotatable bonds is 4. The normalized spacial score (nSPS) is 15.8. The molecule has 5 nitrogen and oxygen atoms in total. The van der Waals surface area contributed by atoms with Gasteiger partial charge in [0, 0.05) is 34.6 Å². The monoisotopic (exact) mass is 390 g/mol. The number of amides is 2. The van der Waals surface area contributed by atoms with Crippen molar-refractivity contribution in [1.29, 1.82) is 0 Å². The van der Waals surface area contributed by atoms with E-state index in [9.17, 15) is 9.59 Å². The topological polar surface area (TPSA) is 58.6 Å². The lowest BCUT2D eigenvalue weighted by Crippen LogP contribution is -2.28. The summed E-state index contributed by atoms with van der Waals surface area (Å²) in [5.41, 5.74) is 2.02. The lowest BCUT2D eigenvalue weighted by molar-refractivity contribution is -0.115. The van der Waals surface area contributed by atoms with Crippen molar-refractivity contribution in [2.45, 2.75) is 23.6 Å². The van der Waals surface area contributed by atoms with E-state index in [4.69, 9.17) is 16.3 Å². The first-order chi connectivity index (χ1) is 12.4. The van der Waals surface area contributed by atoms with E-state index in [2.05, 4.69) is 5.32 Å². The molecule has 1 unspecified atom stereocenters. The van der Waals surface area contributed by atoms with Gasteiger partial charge in [0.15, 0.2) is 0 Å². The third kappa shape index (κ3) is 3.81. The van der Waals surface area contributed by atoms with E-state index >= 15 is 0 Å². The van der Waals surface area contributed by atoms with Gasteiger partial charge in [-0.1, -0.05) is 11.6 Å². The number of ether oxygens (including phenoxy) is 1. The van der Waals surface area contributed by atoms with Crippen LogP contribution in [-0.2, 0) is 11.3 Å². The van der Waals surface area contributed by atoms with E-state index < -0.39 is 0 Å². The molecule has 1 aliphatic heterocycles. The lowest BCUT2D eigenvalue weighted by Gasteiger charge is -2.23. The third-order valence-corrected chi connectivity index (χ3v) is 5.57. The quantitative estimate of drug-likeness (QED) is 0.855. The van der Waals surface area contributed by atoms with Crippen molar-refractivity contribution in [3.8, 4) is 5.75 Å². The Morgan fingerprint density at radius 3 is 2.81 bits per heavy atom. The minimum atomic E-state index is -0.146. The van der Waals surface area contributed by atoms with Crippen molar-refractivity contribution in [3.63, 3.8) is 0 Å². The van der Waals surface area contributed by atoms with Crippen LogP contribution in [0.1, 0.15) is 22.8 Å². The molecule has 1 atom stereocenters. The summed E-state index contributed by atoms with van der Waals surface area (Å²) in [6, 6.07) is 10.7. The second-order valence-electron chi connectivity index (χ2n) is 6.08. The van der Waals surface area contributed by atoms with Gasteiger partial charge in [-0.05, 0) is 43.3 Å². The van der Waals surface area contributed by atoms with Crippen LogP contribution in [0.4, 0.5) is 5.69 Å². The molecular weight excluding hydrogens is 372 g/mol. The predicted molar refractivity (Wildman–Crippen MR) is 104 cm³/mol. The molecule has 0 bridgehead atoms. The van der Waals surface area contributed by atoms with Gasteiger partial charge in [-0.15, -0.1) is 11.8 Å². The standard InChI is InChI=1S/C19H19ClN2O3S/c1-11-18(23)21-15-9-12(4-7-17(15)26-11)19(24)22(2)10-13-8-14(20)5-6-16(13)25-3/h4-9,11H,10H2,1-3H3,(H,21,23). The number of anilines is 1.